The zero-order valence-electron chi connectivity index (χ0n) is 16.1. The van der Waals surface area contributed by atoms with Crippen LogP contribution >= 0.6 is 11.6 Å². The van der Waals surface area contributed by atoms with E-state index >= 15 is 0 Å². The maximum Gasteiger partial charge on any atom is 0.433 e. The van der Waals surface area contributed by atoms with Crippen molar-refractivity contribution in [3.05, 3.63) is 57.9 Å². The van der Waals surface area contributed by atoms with Gasteiger partial charge in [0.25, 0.3) is 11.8 Å². The highest BCUT2D eigenvalue weighted by atomic mass is 35.5. The van der Waals surface area contributed by atoms with Gasteiger partial charge in [-0.1, -0.05) is 37.6 Å². The molecule has 0 fully saturated rings. The average Bonchev–Trinajstić information content (AvgIpc) is 2.99. The van der Waals surface area contributed by atoms with Crippen LogP contribution in [0.4, 0.5) is 18.9 Å². The van der Waals surface area contributed by atoms with E-state index in [9.17, 15) is 27.9 Å². The van der Waals surface area contributed by atoms with Crippen molar-refractivity contribution < 1.29 is 27.9 Å². The molecule has 0 spiro atoms. The van der Waals surface area contributed by atoms with Crippen LogP contribution in [-0.2, 0) is 12.7 Å². The van der Waals surface area contributed by atoms with Gasteiger partial charge in [-0.15, -0.1) is 0 Å². The lowest BCUT2D eigenvalue weighted by Gasteiger charge is -2.29. The summed E-state index contributed by atoms with van der Waals surface area (Å²) < 4.78 is 38.8. The Hall–Kier alpha value is -2.65. The molecule has 1 unspecified atom stereocenters. The first-order valence-corrected chi connectivity index (χ1v) is 9.51. The van der Waals surface area contributed by atoms with Crippen LogP contribution in [0.5, 0.6) is 0 Å². The van der Waals surface area contributed by atoms with E-state index in [0.29, 0.717) is 11.6 Å². The number of aromatic nitrogens is 1. The fourth-order valence-corrected chi connectivity index (χ4v) is 3.56. The Morgan fingerprint density at radius 2 is 2.00 bits per heavy atom. The second kappa shape index (κ2) is 8.23. The predicted octanol–water partition coefficient (Wildman–Crippen LogP) is 3.98. The lowest BCUT2D eigenvalue weighted by atomic mass is 10.0. The van der Waals surface area contributed by atoms with Crippen LogP contribution in [0, 0.1) is 5.92 Å². The topological polar surface area (TPSA) is 82.5 Å². The van der Waals surface area contributed by atoms with E-state index in [-0.39, 0.29) is 41.3 Å². The molecular formula is C20H19ClF3N3O3. The number of aliphatic hydroxyl groups excluding tert-OH is 1. The van der Waals surface area contributed by atoms with Gasteiger partial charge in [0.05, 0.1) is 28.9 Å². The zero-order chi connectivity index (χ0) is 22.2. The quantitative estimate of drug-likeness (QED) is 0.735. The average molecular weight is 442 g/mol. The molecule has 160 valence electrons. The molecule has 1 aromatic heterocycles. The normalized spacial score (nSPS) is 14.8. The number of carbonyl (C=O) groups excluding carboxylic acids is 2. The number of alkyl halides is 3. The first-order chi connectivity index (χ1) is 14.0. The molecular weight excluding hydrogens is 423 g/mol. The molecule has 3 rings (SSSR count). The third-order valence-electron chi connectivity index (χ3n) is 4.92. The summed E-state index contributed by atoms with van der Waals surface area (Å²) in [6.07, 6.45) is -4.74. The van der Waals surface area contributed by atoms with Gasteiger partial charge in [-0.05, 0) is 29.7 Å². The molecule has 0 bridgehead atoms. The van der Waals surface area contributed by atoms with Gasteiger partial charge in [-0.3, -0.25) is 9.59 Å². The van der Waals surface area contributed by atoms with E-state index < -0.39 is 29.5 Å². The summed E-state index contributed by atoms with van der Waals surface area (Å²) in [6.45, 7) is 3.79. The van der Waals surface area contributed by atoms with Crippen molar-refractivity contribution in [1.29, 1.82) is 0 Å². The van der Waals surface area contributed by atoms with E-state index in [4.69, 9.17) is 11.6 Å². The van der Waals surface area contributed by atoms with E-state index in [2.05, 4.69) is 10.3 Å². The Morgan fingerprint density at radius 1 is 1.30 bits per heavy atom. The van der Waals surface area contributed by atoms with E-state index in [1.807, 2.05) is 13.8 Å². The number of halogens is 4. The summed E-state index contributed by atoms with van der Waals surface area (Å²) in [5.74, 6) is -1.34. The van der Waals surface area contributed by atoms with Crippen LogP contribution in [-0.4, -0.2) is 39.5 Å². The molecule has 2 aromatic rings. The molecule has 1 aliphatic rings. The summed E-state index contributed by atoms with van der Waals surface area (Å²) in [7, 11) is 0. The Bertz CT molecular complexity index is 995. The molecule has 0 radical (unpaired) electrons. The second-order valence-electron chi connectivity index (χ2n) is 7.25. The van der Waals surface area contributed by atoms with E-state index in [1.165, 1.54) is 11.0 Å². The standard InChI is InChI=1S/C20H19ClF3N3O3/c1-10(2)14(9-28)27-8-11-4-3-5-13(16(11)19(27)30)25-18(29)17-12(21)6-7-15(26-17)20(22,23)24/h3-7,10,14,28H,8-9H2,1-2H3,(H,25,29). The molecule has 30 heavy (non-hydrogen) atoms. The van der Waals surface area contributed by atoms with Crippen LogP contribution in [0.2, 0.25) is 5.02 Å². The van der Waals surface area contributed by atoms with Crippen molar-refractivity contribution >= 4 is 29.1 Å². The molecule has 0 saturated heterocycles. The van der Waals surface area contributed by atoms with Crippen LogP contribution in [0.15, 0.2) is 30.3 Å². The number of hydrogen-bond acceptors (Lipinski definition) is 4. The summed E-state index contributed by atoms with van der Waals surface area (Å²) >= 11 is 5.88. The molecule has 0 aliphatic carbocycles. The molecule has 1 aromatic carbocycles. The van der Waals surface area contributed by atoms with Crippen molar-refractivity contribution in [2.75, 3.05) is 11.9 Å². The van der Waals surface area contributed by atoms with Gasteiger partial charge in [0.2, 0.25) is 0 Å². The lowest BCUT2D eigenvalue weighted by molar-refractivity contribution is -0.141. The number of carbonyl (C=O) groups is 2. The lowest BCUT2D eigenvalue weighted by Crippen LogP contribution is -2.41. The molecule has 1 atom stereocenters. The third-order valence-corrected chi connectivity index (χ3v) is 5.23. The smallest absolute Gasteiger partial charge is 0.394 e. The summed E-state index contributed by atoms with van der Waals surface area (Å²) in [6, 6.07) is 6.03. The van der Waals surface area contributed by atoms with E-state index in [0.717, 1.165) is 6.07 Å². The highest BCUT2D eigenvalue weighted by Gasteiger charge is 2.36. The fraction of sp³-hybridized carbons (Fsp3) is 0.350. The Balaban J connectivity index is 1.92. The Morgan fingerprint density at radius 3 is 2.60 bits per heavy atom. The molecule has 6 nitrogen and oxygen atoms in total. The van der Waals surface area contributed by atoms with Crippen molar-refractivity contribution in [2.24, 2.45) is 5.92 Å². The Labute approximate surface area is 175 Å². The molecule has 2 amide bonds. The largest absolute Gasteiger partial charge is 0.433 e. The minimum absolute atomic E-state index is 0.000539. The molecule has 0 saturated carbocycles. The molecule has 1 aliphatic heterocycles. The van der Waals surface area contributed by atoms with Gasteiger partial charge in [0, 0.05) is 6.54 Å². The Kier molecular flexibility index (Phi) is 6.05. The fourth-order valence-electron chi connectivity index (χ4n) is 3.37. The summed E-state index contributed by atoms with van der Waals surface area (Å²) in [5.41, 5.74) is -0.837. The van der Waals surface area contributed by atoms with Crippen LogP contribution in [0.3, 0.4) is 0 Å². The number of nitrogens with one attached hydrogen (secondary N) is 1. The van der Waals surface area contributed by atoms with Crippen molar-refractivity contribution in [3.8, 4) is 0 Å². The number of fused-ring (bicyclic) bond motifs is 1. The SMILES string of the molecule is CC(C)C(CO)N1Cc2cccc(NC(=O)c3nc(C(F)(F)F)ccc3Cl)c2C1=O. The first-order valence-electron chi connectivity index (χ1n) is 9.13. The van der Waals surface area contributed by atoms with Crippen molar-refractivity contribution in [3.63, 3.8) is 0 Å². The first kappa shape index (κ1) is 22.0. The van der Waals surface area contributed by atoms with Gasteiger partial charge in [0.1, 0.15) is 11.4 Å². The van der Waals surface area contributed by atoms with Gasteiger partial charge >= 0.3 is 6.18 Å². The monoisotopic (exact) mass is 441 g/mol. The predicted molar refractivity (Wildman–Crippen MR) is 104 cm³/mol. The summed E-state index contributed by atoms with van der Waals surface area (Å²) in [4.78, 5) is 30.4. The number of anilines is 1. The number of rotatable bonds is 5. The van der Waals surface area contributed by atoms with Crippen molar-refractivity contribution in [1.82, 2.24) is 9.88 Å². The van der Waals surface area contributed by atoms with Crippen LogP contribution in [0.1, 0.15) is 46.0 Å². The maximum absolute atomic E-state index is 13.0. The zero-order valence-corrected chi connectivity index (χ0v) is 16.9. The van der Waals surface area contributed by atoms with Crippen LogP contribution < -0.4 is 5.32 Å². The molecule has 2 heterocycles. The number of aliphatic hydroxyl groups is 1. The third kappa shape index (κ3) is 4.13. The molecule has 10 heteroatoms. The van der Waals surface area contributed by atoms with Gasteiger partial charge in [0.15, 0.2) is 0 Å². The van der Waals surface area contributed by atoms with E-state index in [1.54, 1.807) is 12.1 Å². The number of nitrogens with zero attached hydrogens (tertiary/aromatic N) is 2. The number of benzene rings is 1. The number of hydrogen-bond donors (Lipinski definition) is 2. The highest BCUT2D eigenvalue weighted by Crippen LogP contribution is 2.33. The second-order valence-corrected chi connectivity index (χ2v) is 7.65. The molecule has 2 N–H and O–H groups in total. The summed E-state index contributed by atoms with van der Waals surface area (Å²) in [5, 5.41) is 11.9. The number of pyridine rings is 1. The van der Waals surface area contributed by atoms with Gasteiger partial charge in [-0.25, -0.2) is 4.98 Å². The minimum atomic E-state index is -4.74. The van der Waals surface area contributed by atoms with Crippen molar-refractivity contribution in [2.45, 2.75) is 32.6 Å². The highest BCUT2D eigenvalue weighted by molar-refractivity contribution is 6.34. The minimum Gasteiger partial charge on any atom is -0.394 e. The number of amides is 2. The van der Waals surface area contributed by atoms with Gasteiger partial charge in [-0.2, -0.15) is 13.2 Å². The maximum atomic E-state index is 13.0. The van der Waals surface area contributed by atoms with Gasteiger partial charge < -0.3 is 15.3 Å². The van der Waals surface area contributed by atoms with Crippen LogP contribution in [0.25, 0.3) is 0 Å².